The maximum absolute atomic E-state index is 12.8. The number of aromatic amines is 1. The zero-order valence-electron chi connectivity index (χ0n) is 12.1. The molecule has 0 radical (unpaired) electrons. The third-order valence-corrected chi connectivity index (χ3v) is 4.94. The van der Waals surface area contributed by atoms with Crippen molar-refractivity contribution in [3.05, 3.63) is 29.3 Å². The van der Waals surface area contributed by atoms with Crippen LogP contribution in [-0.4, -0.2) is 44.9 Å². The highest BCUT2D eigenvalue weighted by Crippen LogP contribution is 2.32. The number of thiophene rings is 1. The Bertz CT molecular complexity index is 779. The van der Waals surface area contributed by atoms with E-state index in [1.165, 1.54) is 4.90 Å². The minimum atomic E-state index is -0.718. The molecule has 1 saturated carbocycles. The molecule has 1 atom stereocenters. The molecule has 0 aromatic carbocycles. The zero-order valence-corrected chi connectivity index (χ0v) is 12.9. The van der Waals surface area contributed by atoms with Gasteiger partial charge in [0.25, 0.3) is 5.91 Å². The summed E-state index contributed by atoms with van der Waals surface area (Å²) in [6.45, 7) is 0. The lowest BCUT2D eigenvalue weighted by atomic mass is 10.1. The molecule has 1 saturated heterocycles. The Hall–Kier alpha value is -2.48. The first-order valence-electron chi connectivity index (χ1n) is 7.39. The van der Waals surface area contributed by atoms with Crippen LogP contribution in [0, 0.1) is 0 Å². The summed E-state index contributed by atoms with van der Waals surface area (Å²) in [5.74, 6) is -1.04. The van der Waals surface area contributed by atoms with Gasteiger partial charge in [0.05, 0.1) is 17.0 Å². The van der Waals surface area contributed by atoms with Gasteiger partial charge in [-0.05, 0) is 30.4 Å². The summed E-state index contributed by atoms with van der Waals surface area (Å²) in [5.41, 5.74) is 1.04. The van der Waals surface area contributed by atoms with E-state index in [-0.39, 0.29) is 30.0 Å². The molecule has 2 fully saturated rings. The minimum absolute atomic E-state index is 0.0195. The van der Waals surface area contributed by atoms with Crippen LogP contribution in [-0.2, 0) is 9.59 Å². The van der Waals surface area contributed by atoms with Gasteiger partial charge in [-0.1, -0.05) is 6.07 Å². The number of amides is 3. The molecule has 2 aromatic heterocycles. The van der Waals surface area contributed by atoms with E-state index < -0.39 is 11.9 Å². The number of nitrogens with one attached hydrogen (secondary N) is 2. The van der Waals surface area contributed by atoms with E-state index >= 15 is 0 Å². The molecule has 2 aliphatic rings. The van der Waals surface area contributed by atoms with Crippen LogP contribution >= 0.6 is 11.3 Å². The second kappa shape index (κ2) is 5.31. The standard InChI is InChI=1S/C15H14N4O3S/c20-13-7-11(14(21)16-13)19(8-3-4-8)15(22)10-6-9(17-18-10)12-2-1-5-23-12/h1-2,5-6,8,11H,3-4,7H2,(H,17,18)(H,16,20,21). The van der Waals surface area contributed by atoms with Crippen LogP contribution in [0.4, 0.5) is 0 Å². The second-order valence-corrected chi connectivity index (χ2v) is 6.67. The molecule has 3 amide bonds. The maximum Gasteiger partial charge on any atom is 0.275 e. The van der Waals surface area contributed by atoms with Crippen molar-refractivity contribution in [2.75, 3.05) is 0 Å². The molecule has 1 unspecified atom stereocenters. The van der Waals surface area contributed by atoms with Gasteiger partial charge in [-0.2, -0.15) is 5.10 Å². The lowest BCUT2D eigenvalue weighted by Crippen LogP contribution is -2.46. The summed E-state index contributed by atoms with van der Waals surface area (Å²) in [7, 11) is 0. The second-order valence-electron chi connectivity index (χ2n) is 5.72. The number of nitrogens with zero attached hydrogens (tertiary/aromatic N) is 2. The van der Waals surface area contributed by atoms with Crippen LogP contribution in [0.2, 0.25) is 0 Å². The molecule has 23 heavy (non-hydrogen) atoms. The van der Waals surface area contributed by atoms with Crippen molar-refractivity contribution in [3.63, 3.8) is 0 Å². The number of hydrogen-bond donors (Lipinski definition) is 2. The Balaban J connectivity index is 1.61. The molecule has 0 bridgehead atoms. The molecule has 7 nitrogen and oxygen atoms in total. The predicted molar refractivity (Wildman–Crippen MR) is 82.6 cm³/mol. The number of imide groups is 1. The summed E-state index contributed by atoms with van der Waals surface area (Å²) in [6.07, 6.45) is 1.74. The smallest absolute Gasteiger partial charge is 0.275 e. The molecule has 118 valence electrons. The van der Waals surface area contributed by atoms with E-state index in [2.05, 4.69) is 15.5 Å². The quantitative estimate of drug-likeness (QED) is 0.822. The van der Waals surface area contributed by atoms with Crippen molar-refractivity contribution in [1.29, 1.82) is 0 Å². The molecule has 1 aliphatic heterocycles. The Morgan fingerprint density at radius 3 is 2.78 bits per heavy atom. The molecular weight excluding hydrogens is 316 g/mol. The first-order chi connectivity index (χ1) is 11.1. The molecule has 1 aliphatic carbocycles. The zero-order chi connectivity index (χ0) is 16.0. The van der Waals surface area contributed by atoms with Crippen molar-refractivity contribution in [1.82, 2.24) is 20.4 Å². The van der Waals surface area contributed by atoms with Gasteiger partial charge in [-0.15, -0.1) is 11.3 Å². The molecule has 4 rings (SSSR count). The van der Waals surface area contributed by atoms with Crippen molar-refractivity contribution in [2.45, 2.75) is 31.3 Å². The molecule has 0 spiro atoms. The van der Waals surface area contributed by atoms with Gasteiger partial charge in [-0.25, -0.2) is 0 Å². The van der Waals surface area contributed by atoms with Gasteiger partial charge in [0, 0.05) is 6.04 Å². The van der Waals surface area contributed by atoms with E-state index in [0.717, 1.165) is 23.4 Å². The van der Waals surface area contributed by atoms with Crippen molar-refractivity contribution in [2.24, 2.45) is 0 Å². The van der Waals surface area contributed by atoms with Crippen LogP contribution in [0.3, 0.4) is 0 Å². The molecular formula is C15H14N4O3S. The molecule has 2 N–H and O–H groups in total. The number of aromatic nitrogens is 2. The maximum atomic E-state index is 12.8. The van der Waals surface area contributed by atoms with E-state index in [1.54, 1.807) is 17.4 Å². The van der Waals surface area contributed by atoms with Gasteiger partial charge in [0.2, 0.25) is 11.8 Å². The highest BCUT2D eigenvalue weighted by molar-refractivity contribution is 7.13. The summed E-state index contributed by atoms with van der Waals surface area (Å²) < 4.78 is 0. The van der Waals surface area contributed by atoms with Gasteiger partial charge in [0.15, 0.2) is 5.69 Å². The van der Waals surface area contributed by atoms with Crippen molar-refractivity contribution < 1.29 is 14.4 Å². The van der Waals surface area contributed by atoms with Crippen molar-refractivity contribution >= 4 is 29.1 Å². The Labute approximate surface area is 135 Å². The first kappa shape index (κ1) is 14.1. The highest BCUT2D eigenvalue weighted by Gasteiger charge is 2.45. The van der Waals surface area contributed by atoms with Gasteiger partial charge < -0.3 is 4.90 Å². The van der Waals surface area contributed by atoms with Gasteiger partial charge >= 0.3 is 0 Å². The minimum Gasteiger partial charge on any atom is -0.322 e. The topological polar surface area (TPSA) is 95.2 Å². The summed E-state index contributed by atoms with van der Waals surface area (Å²) in [4.78, 5) is 38.7. The fourth-order valence-corrected chi connectivity index (χ4v) is 3.49. The summed E-state index contributed by atoms with van der Waals surface area (Å²) in [6, 6.07) is 4.86. The van der Waals surface area contributed by atoms with Gasteiger partial charge in [-0.3, -0.25) is 24.8 Å². The normalized spacial score (nSPS) is 20.6. The fraction of sp³-hybridized carbons (Fsp3) is 0.333. The van der Waals surface area contributed by atoms with Crippen LogP contribution < -0.4 is 5.32 Å². The van der Waals surface area contributed by atoms with Gasteiger partial charge in [0.1, 0.15) is 6.04 Å². The lowest BCUT2D eigenvalue weighted by molar-refractivity contribution is -0.126. The third kappa shape index (κ3) is 2.55. The number of carbonyl (C=O) groups is 3. The van der Waals surface area contributed by atoms with E-state index in [0.29, 0.717) is 0 Å². The average molecular weight is 330 g/mol. The summed E-state index contributed by atoms with van der Waals surface area (Å²) in [5, 5.41) is 11.2. The van der Waals surface area contributed by atoms with E-state index in [4.69, 9.17) is 0 Å². The van der Waals surface area contributed by atoms with Crippen LogP contribution in [0.5, 0.6) is 0 Å². The predicted octanol–water partition coefficient (Wildman–Crippen LogP) is 1.16. The van der Waals surface area contributed by atoms with Crippen molar-refractivity contribution in [3.8, 4) is 10.6 Å². The first-order valence-corrected chi connectivity index (χ1v) is 8.27. The number of hydrogen-bond acceptors (Lipinski definition) is 5. The largest absolute Gasteiger partial charge is 0.322 e. The van der Waals surface area contributed by atoms with E-state index in [1.807, 2.05) is 17.5 Å². The van der Waals surface area contributed by atoms with Crippen LogP contribution in [0.1, 0.15) is 29.8 Å². The Kier molecular flexibility index (Phi) is 3.26. The average Bonchev–Trinajstić information content (AvgIpc) is 2.95. The Morgan fingerprint density at radius 2 is 2.17 bits per heavy atom. The number of rotatable bonds is 4. The van der Waals surface area contributed by atoms with Crippen LogP contribution in [0.25, 0.3) is 10.6 Å². The number of H-pyrrole nitrogens is 1. The third-order valence-electron chi connectivity index (χ3n) is 4.04. The molecule has 3 heterocycles. The Morgan fingerprint density at radius 1 is 1.35 bits per heavy atom. The monoisotopic (exact) mass is 330 g/mol. The SMILES string of the molecule is O=C1CC(N(C(=O)c2cc(-c3cccs3)[nH]n2)C2CC2)C(=O)N1. The van der Waals surface area contributed by atoms with E-state index in [9.17, 15) is 14.4 Å². The molecule has 8 heteroatoms. The lowest BCUT2D eigenvalue weighted by Gasteiger charge is -2.25. The highest BCUT2D eigenvalue weighted by atomic mass is 32.1. The number of carbonyl (C=O) groups excluding carboxylic acids is 3. The molecule has 2 aromatic rings. The fourth-order valence-electron chi connectivity index (χ4n) is 2.80. The van der Waals surface area contributed by atoms with Crippen LogP contribution in [0.15, 0.2) is 23.6 Å². The summed E-state index contributed by atoms with van der Waals surface area (Å²) >= 11 is 1.55.